The Balaban J connectivity index is 1.70. The number of carbonyl (C=O) groups is 1. The van der Waals surface area contributed by atoms with Crippen molar-refractivity contribution in [1.29, 1.82) is 0 Å². The molecule has 3 aromatic rings. The average molecular weight is 411 g/mol. The van der Waals surface area contributed by atoms with Crippen LogP contribution in [0.15, 0.2) is 26.9 Å². The Hall–Kier alpha value is -1.04. The number of hydrogen-bond acceptors (Lipinski definition) is 7. The molecule has 0 aliphatic rings. The summed E-state index contributed by atoms with van der Waals surface area (Å²) in [5, 5.41) is 9.87. The second-order valence-electron chi connectivity index (χ2n) is 4.74. The van der Waals surface area contributed by atoms with Crippen LogP contribution in [0.25, 0.3) is 10.1 Å². The molecular formula is C16H11ClN2OS4. The third-order valence-electron chi connectivity index (χ3n) is 3.15. The number of benzene rings is 1. The fourth-order valence-corrected chi connectivity index (χ4v) is 6.03. The lowest BCUT2D eigenvalue weighted by atomic mass is 10.1. The van der Waals surface area contributed by atoms with Crippen LogP contribution in [0.5, 0.6) is 0 Å². The molecule has 2 heterocycles. The molecule has 0 atom stereocenters. The summed E-state index contributed by atoms with van der Waals surface area (Å²) < 4.78 is 2.69. The molecule has 0 aliphatic carbocycles. The summed E-state index contributed by atoms with van der Waals surface area (Å²) in [7, 11) is 0. The van der Waals surface area contributed by atoms with Gasteiger partial charge in [0.25, 0.3) is 0 Å². The van der Waals surface area contributed by atoms with E-state index in [-0.39, 0.29) is 5.78 Å². The van der Waals surface area contributed by atoms with Gasteiger partial charge < -0.3 is 0 Å². The van der Waals surface area contributed by atoms with E-state index >= 15 is 0 Å². The molecular weight excluding hydrogens is 400 g/mol. The number of aromatic nitrogens is 2. The zero-order chi connectivity index (χ0) is 17.1. The zero-order valence-corrected chi connectivity index (χ0v) is 16.6. The maximum Gasteiger partial charge on any atom is 0.183 e. The minimum atomic E-state index is 0.0999. The van der Waals surface area contributed by atoms with E-state index in [0.29, 0.717) is 16.5 Å². The van der Waals surface area contributed by atoms with Gasteiger partial charge in [0.15, 0.2) is 14.5 Å². The van der Waals surface area contributed by atoms with Gasteiger partial charge in [-0.3, -0.25) is 4.79 Å². The van der Waals surface area contributed by atoms with Crippen LogP contribution >= 0.6 is 57.8 Å². The summed E-state index contributed by atoms with van der Waals surface area (Å²) in [6, 6.07) is 5.71. The smallest absolute Gasteiger partial charge is 0.183 e. The van der Waals surface area contributed by atoms with Gasteiger partial charge in [0.1, 0.15) is 0 Å². The standard InChI is InChI=1S/C16H11ClN2OS4/c1-3-6-21-15-18-19-16(24-15)22-8-12(20)14-9(2)11-7-10(17)4-5-13(11)23-14/h1,4-5,7H,6,8H2,2H3. The number of nitrogens with zero attached hydrogens (tertiary/aromatic N) is 2. The topological polar surface area (TPSA) is 42.9 Å². The van der Waals surface area contributed by atoms with Crippen LogP contribution in [-0.4, -0.2) is 27.5 Å². The van der Waals surface area contributed by atoms with Gasteiger partial charge in [-0.25, -0.2) is 0 Å². The average Bonchev–Trinajstić information content (AvgIpc) is 3.16. The first kappa shape index (κ1) is 17.8. The van der Waals surface area contributed by atoms with Crippen molar-refractivity contribution >= 4 is 73.7 Å². The first-order chi connectivity index (χ1) is 11.6. The normalized spacial score (nSPS) is 10.9. The summed E-state index contributed by atoms with van der Waals surface area (Å²) in [6.07, 6.45) is 5.23. The Kier molecular flexibility index (Phi) is 5.85. The molecule has 3 nitrogen and oxygen atoms in total. The first-order valence-electron chi connectivity index (χ1n) is 6.83. The molecule has 24 heavy (non-hydrogen) atoms. The van der Waals surface area contributed by atoms with Crippen LogP contribution in [0, 0.1) is 19.3 Å². The Labute approximate surface area is 161 Å². The van der Waals surface area contributed by atoms with Gasteiger partial charge in [0.2, 0.25) is 0 Å². The minimum Gasteiger partial charge on any atom is -0.292 e. The van der Waals surface area contributed by atoms with E-state index in [0.717, 1.165) is 29.2 Å². The highest BCUT2D eigenvalue weighted by atomic mass is 35.5. The third kappa shape index (κ3) is 3.95. The van der Waals surface area contributed by atoms with Gasteiger partial charge >= 0.3 is 0 Å². The van der Waals surface area contributed by atoms with E-state index in [1.54, 1.807) is 0 Å². The first-order valence-corrected chi connectivity index (χ1v) is 10.8. The lowest BCUT2D eigenvalue weighted by Crippen LogP contribution is -2.01. The van der Waals surface area contributed by atoms with E-state index in [9.17, 15) is 4.79 Å². The van der Waals surface area contributed by atoms with Crippen LogP contribution in [0.1, 0.15) is 15.2 Å². The maximum atomic E-state index is 12.6. The summed E-state index contributed by atoms with van der Waals surface area (Å²) in [5.74, 6) is 3.57. The van der Waals surface area contributed by atoms with Crippen LogP contribution in [0.2, 0.25) is 5.02 Å². The molecule has 0 N–H and O–H groups in total. The van der Waals surface area contributed by atoms with Crippen molar-refractivity contribution < 1.29 is 4.79 Å². The van der Waals surface area contributed by atoms with Crippen LogP contribution < -0.4 is 0 Å². The van der Waals surface area contributed by atoms with Gasteiger partial charge in [0, 0.05) is 9.72 Å². The highest BCUT2D eigenvalue weighted by Crippen LogP contribution is 2.34. The van der Waals surface area contributed by atoms with Gasteiger partial charge in [-0.05, 0) is 36.1 Å². The number of rotatable bonds is 6. The van der Waals surface area contributed by atoms with Crippen LogP contribution in [-0.2, 0) is 0 Å². The fraction of sp³-hybridized carbons (Fsp3) is 0.188. The summed E-state index contributed by atoms with van der Waals surface area (Å²) in [6.45, 7) is 1.96. The number of carbonyl (C=O) groups excluding carboxylic acids is 1. The number of halogens is 1. The van der Waals surface area contributed by atoms with E-state index in [2.05, 4.69) is 16.1 Å². The van der Waals surface area contributed by atoms with E-state index in [1.165, 1.54) is 46.2 Å². The van der Waals surface area contributed by atoms with Gasteiger partial charge in [-0.15, -0.1) is 28.0 Å². The van der Waals surface area contributed by atoms with Crippen molar-refractivity contribution in [1.82, 2.24) is 10.2 Å². The zero-order valence-electron chi connectivity index (χ0n) is 12.5. The number of hydrogen-bond donors (Lipinski definition) is 0. The predicted octanol–water partition coefficient (Wildman–Crippen LogP) is 5.41. The molecule has 0 unspecified atom stereocenters. The van der Waals surface area contributed by atoms with Gasteiger partial charge in [-0.1, -0.05) is 52.4 Å². The fourth-order valence-electron chi connectivity index (χ4n) is 2.07. The Morgan fingerprint density at radius 3 is 2.79 bits per heavy atom. The minimum absolute atomic E-state index is 0.0999. The molecule has 8 heteroatoms. The van der Waals surface area contributed by atoms with Gasteiger partial charge in [0.05, 0.1) is 16.4 Å². The van der Waals surface area contributed by atoms with Crippen molar-refractivity contribution in [2.24, 2.45) is 0 Å². The predicted molar refractivity (Wildman–Crippen MR) is 106 cm³/mol. The number of thiophene rings is 1. The molecule has 0 fully saturated rings. The largest absolute Gasteiger partial charge is 0.292 e. The highest BCUT2D eigenvalue weighted by molar-refractivity contribution is 8.03. The second-order valence-corrected chi connectivity index (χ2v) is 9.65. The molecule has 0 saturated carbocycles. The molecule has 122 valence electrons. The number of Topliss-reactive ketones (excluding diaryl/α,β-unsaturated/α-hetero) is 1. The van der Waals surface area contributed by atoms with Crippen LogP contribution in [0.3, 0.4) is 0 Å². The van der Waals surface area contributed by atoms with E-state index in [1.807, 2.05) is 25.1 Å². The number of ketones is 1. The molecule has 3 rings (SSSR count). The number of terminal acetylenes is 1. The van der Waals surface area contributed by atoms with Crippen molar-refractivity contribution in [3.05, 3.63) is 33.7 Å². The van der Waals surface area contributed by atoms with E-state index < -0.39 is 0 Å². The molecule has 2 aromatic heterocycles. The highest BCUT2D eigenvalue weighted by Gasteiger charge is 2.17. The molecule has 1 aromatic carbocycles. The lowest BCUT2D eigenvalue weighted by molar-refractivity contribution is 0.102. The lowest BCUT2D eigenvalue weighted by Gasteiger charge is -1.98. The summed E-state index contributed by atoms with van der Waals surface area (Å²) in [4.78, 5) is 13.3. The molecule has 0 bridgehead atoms. The monoisotopic (exact) mass is 410 g/mol. The molecule has 0 spiro atoms. The Bertz CT molecular complexity index is 941. The third-order valence-corrected chi connectivity index (χ3v) is 7.79. The van der Waals surface area contributed by atoms with Crippen molar-refractivity contribution in [2.75, 3.05) is 11.5 Å². The summed E-state index contributed by atoms with van der Waals surface area (Å²) >= 11 is 11.9. The number of fused-ring (bicyclic) bond motifs is 1. The molecule has 0 saturated heterocycles. The van der Waals surface area contributed by atoms with Crippen molar-refractivity contribution in [3.63, 3.8) is 0 Å². The van der Waals surface area contributed by atoms with Crippen molar-refractivity contribution in [3.8, 4) is 12.3 Å². The second kappa shape index (κ2) is 7.89. The SMILES string of the molecule is C#CCSc1nnc(SCC(=O)c2sc3ccc(Cl)cc3c2C)s1. The van der Waals surface area contributed by atoms with Gasteiger partial charge in [-0.2, -0.15) is 0 Å². The Morgan fingerprint density at radius 1 is 1.29 bits per heavy atom. The van der Waals surface area contributed by atoms with Crippen LogP contribution in [0.4, 0.5) is 0 Å². The van der Waals surface area contributed by atoms with E-state index in [4.69, 9.17) is 18.0 Å². The maximum absolute atomic E-state index is 12.6. The molecule has 0 amide bonds. The molecule has 0 radical (unpaired) electrons. The number of aryl methyl sites for hydroxylation is 1. The number of thioether (sulfide) groups is 2. The summed E-state index contributed by atoms with van der Waals surface area (Å²) in [5.41, 5.74) is 0.991. The quantitative estimate of drug-likeness (QED) is 0.308. The van der Waals surface area contributed by atoms with Crippen molar-refractivity contribution in [2.45, 2.75) is 15.6 Å². The molecule has 0 aliphatic heterocycles. The Morgan fingerprint density at radius 2 is 2.04 bits per heavy atom.